The van der Waals surface area contributed by atoms with Crippen LogP contribution in [0.5, 0.6) is 0 Å². The number of nitrogens with one attached hydrogen (secondary N) is 3. The maximum absolute atomic E-state index is 12.6. The predicted molar refractivity (Wildman–Crippen MR) is 108 cm³/mol. The number of H-pyrrole nitrogens is 1. The third-order valence-electron chi connectivity index (χ3n) is 5.29. The second kappa shape index (κ2) is 7.16. The molecule has 0 saturated heterocycles. The number of pyridine rings is 1. The molecular weight excluding hydrogens is 370 g/mol. The van der Waals surface area contributed by atoms with Crippen LogP contribution in [0.2, 0.25) is 0 Å². The Kier molecular flexibility index (Phi) is 4.65. The number of aromatic amines is 1. The maximum Gasteiger partial charge on any atom is 0.273 e. The SMILES string of the molecule is CCC(C)n1nc(C)c(-c2cc(C(=O)Nc3cnc4c(c3)CNC4=O)[nH]n2)c1C. The van der Waals surface area contributed by atoms with Gasteiger partial charge in [-0.3, -0.25) is 19.4 Å². The van der Waals surface area contributed by atoms with Crippen LogP contribution < -0.4 is 10.6 Å². The number of hydrogen-bond donors (Lipinski definition) is 3. The summed E-state index contributed by atoms with van der Waals surface area (Å²) in [6.07, 6.45) is 2.45. The van der Waals surface area contributed by atoms with Crippen LogP contribution in [0.1, 0.15) is 64.2 Å². The smallest absolute Gasteiger partial charge is 0.273 e. The number of amides is 2. The highest BCUT2D eigenvalue weighted by Gasteiger charge is 2.22. The molecule has 9 nitrogen and oxygen atoms in total. The van der Waals surface area contributed by atoms with Crippen LogP contribution >= 0.6 is 0 Å². The van der Waals surface area contributed by atoms with Crippen molar-refractivity contribution in [3.8, 4) is 11.3 Å². The van der Waals surface area contributed by atoms with Crippen LogP contribution in [0, 0.1) is 13.8 Å². The molecule has 0 bridgehead atoms. The van der Waals surface area contributed by atoms with Crippen molar-refractivity contribution in [2.75, 3.05) is 5.32 Å². The van der Waals surface area contributed by atoms with Gasteiger partial charge in [-0.05, 0) is 39.3 Å². The number of fused-ring (bicyclic) bond motifs is 1. The highest BCUT2D eigenvalue weighted by atomic mass is 16.2. The fourth-order valence-electron chi connectivity index (χ4n) is 3.58. The molecule has 1 aliphatic rings. The van der Waals surface area contributed by atoms with E-state index in [0.717, 1.165) is 28.9 Å². The molecule has 9 heteroatoms. The second-order valence-corrected chi connectivity index (χ2v) is 7.28. The Morgan fingerprint density at radius 1 is 1.34 bits per heavy atom. The van der Waals surface area contributed by atoms with Crippen molar-refractivity contribution >= 4 is 17.5 Å². The Morgan fingerprint density at radius 2 is 2.14 bits per heavy atom. The van der Waals surface area contributed by atoms with Gasteiger partial charge in [0, 0.05) is 29.4 Å². The van der Waals surface area contributed by atoms with Gasteiger partial charge >= 0.3 is 0 Å². The molecule has 0 spiro atoms. The molecule has 1 atom stereocenters. The Hall–Kier alpha value is -3.49. The average Bonchev–Trinajstić information content (AvgIpc) is 3.39. The van der Waals surface area contributed by atoms with E-state index in [9.17, 15) is 9.59 Å². The van der Waals surface area contributed by atoms with E-state index < -0.39 is 0 Å². The molecule has 4 rings (SSSR count). The first-order chi connectivity index (χ1) is 13.9. The van der Waals surface area contributed by atoms with Crippen molar-refractivity contribution in [2.45, 2.75) is 46.7 Å². The van der Waals surface area contributed by atoms with Crippen LogP contribution in [0.4, 0.5) is 5.69 Å². The molecule has 2 amide bonds. The van der Waals surface area contributed by atoms with E-state index in [1.807, 2.05) is 18.5 Å². The van der Waals surface area contributed by atoms with Crippen molar-refractivity contribution in [1.82, 2.24) is 30.3 Å². The van der Waals surface area contributed by atoms with Gasteiger partial charge in [-0.25, -0.2) is 4.98 Å². The van der Waals surface area contributed by atoms with E-state index in [-0.39, 0.29) is 17.9 Å². The van der Waals surface area contributed by atoms with E-state index in [2.05, 4.69) is 44.8 Å². The summed E-state index contributed by atoms with van der Waals surface area (Å²) in [6, 6.07) is 3.76. The minimum absolute atomic E-state index is 0.195. The molecule has 0 radical (unpaired) electrons. The molecule has 0 aromatic carbocycles. The van der Waals surface area contributed by atoms with E-state index in [4.69, 9.17) is 0 Å². The molecule has 150 valence electrons. The van der Waals surface area contributed by atoms with Gasteiger partial charge in [0.25, 0.3) is 11.8 Å². The first-order valence-corrected chi connectivity index (χ1v) is 9.59. The molecule has 3 aromatic rings. The van der Waals surface area contributed by atoms with Gasteiger partial charge in [0.2, 0.25) is 0 Å². The Morgan fingerprint density at radius 3 is 2.90 bits per heavy atom. The Balaban J connectivity index is 1.56. The number of aryl methyl sites for hydroxylation is 1. The second-order valence-electron chi connectivity index (χ2n) is 7.28. The molecule has 4 heterocycles. The van der Waals surface area contributed by atoms with Crippen LogP contribution in [-0.2, 0) is 6.54 Å². The minimum Gasteiger partial charge on any atom is -0.347 e. The highest BCUT2D eigenvalue weighted by Crippen LogP contribution is 2.28. The summed E-state index contributed by atoms with van der Waals surface area (Å²) in [5.74, 6) is -0.521. The van der Waals surface area contributed by atoms with Gasteiger partial charge in [0.15, 0.2) is 0 Å². The zero-order valence-corrected chi connectivity index (χ0v) is 16.8. The Bertz CT molecular complexity index is 1110. The zero-order valence-electron chi connectivity index (χ0n) is 16.8. The van der Waals surface area contributed by atoms with Crippen molar-refractivity contribution in [3.05, 3.63) is 46.7 Å². The summed E-state index contributed by atoms with van der Waals surface area (Å²) in [7, 11) is 0. The average molecular weight is 393 g/mol. The topological polar surface area (TPSA) is 118 Å². The number of rotatable bonds is 5. The van der Waals surface area contributed by atoms with Crippen molar-refractivity contribution < 1.29 is 9.59 Å². The first-order valence-electron chi connectivity index (χ1n) is 9.59. The standard InChI is InChI=1S/C20H23N7O2/c1-5-10(2)27-12(4)17(11(3)26-27)15-7-16(25-24-15)19(28)23-14-6-13-8-22-20(29)18(13)21-9-14/h6-7,9-10H,5,8H2,1-4H3,(H,22,29)(H,23,28)(H,24,25). The van der Waals surface area contributed by atoms with Gasteiger partial charge < -0.3 is 10.6 Å². The highest BCUT2D eigenvalue weighted by molar-refractivity contribution is 6.04. The molecule has 1 aliphatic heterocycles. The van der Waals surface area contributed by atoms with Gasteiger partial charge in [-0.1, -0.05) is 6.92 Å². The summed E-state index contributed by atoms with van der Waals surface area (Å²) >= 11 is 0. The molecule has 3 N–H and O–H groups in total. The first kappa shape index (κ1) is 18.9. The van der Waals surface area contributed by atoms with E-state index >= 15 is 0 Å². The number of carbonyl (C=O) groups is 2. The van der Waals surface area contributed by atoms with Gasteiger partial charge in [0.1, 0.15) is 11.4 Å². The maximum atomic E-state index is 12.6. The zero-order chi connectivity index (χ0) is 20.7. The summed E-state index contributed by atoms with van der Waals surface area (Å²) in [4.78, 5) is 28.4. The summed E-state index contributed by atoms with van der Waals surface area (Å²) < 4.78 is 2.00. The lowest BCUT2D eigenvalue weighted by molar-refractivity contribution is 0.0960. The lowest BCUT2D eigenvalue weighted by atomic mass is 10.1. The lowest BCUT2D eigenvalue weighted by Gasteiger charge is -2.11. The molecule has 3 aromatic heterocycles. The van der Waals surface area contributed by atoms with Crippen LogP contribution in [0.3, 0.4) is 0 Å². The molecule has 0 fully saturated rings. The lowest BCUT2D eigenvalue weighted by Crippen LogP contribution is -2.14. The van der Waals surface area contributed by atoms with Gasteiger partial charge in [-0.2, -0.15) is 10.2 Å². The van der Waals surface area contributed by atoms with Gasteiger partial charge in [0.05, 0.1) is 23.3 Å². The van der Waals surface area contributed by atoms with Crippen LogP contribution in [0.15, 0.2) is 18.3 Å². The van der Waals surface area contributed by atoms with Gasteiger partial charge in [-0.15, -0.1) is 0 Å². The third kappa shape index (κ3) is 3.28. The summed E-state index contributed by atoms with van der Waals surface area (Å²) in [6.45, 7) is 8.62. The monoisotopic (exact) mass is 393 g/mol. The van der Waals surface area contributed by atoms with Crippen LogP contribution in [0.25, 0.3) is 11.3 Å². The van der Waals surface area contributed by atoms with Crippen molar-refractivity contribution in [1.29, 1.82) is 0 Å². The minimum atomic E-state index is -0.326. The fraction of sp³-hybridized carbons (Fsp3) is 0.350. The third-order valence-corrected chi connectivity index (χ3v) is 5.29. The fourth-order valence-corrected chi connectivity index (χ4v) is 3.58. The van der Waals surface area contributed by atoms with E-state index in [1.54, 1.807) is 12.1 Å². The molecule has 0 saturated carbocycles. The van der Waals surface area contributed by atoms with E-state index in [0.29, 0.717) is 29.3 Å². The number of aromatic nitrogens is 5. The molecule has 29 heavy (non-hydrogen) atoms. The van der Waals surface area contributed by atoms with E-state index in [1.165, 1.54) is 6.20 Å². The van der Waals surface area contributed by atoms with Crippen LogP contribution in [-0.4, -0.2) is 36.8 Å². The normalized spacial score (nSPS) is 13.9. The number of hydrogen-bond acceptors (Lipinski definition) is 5. The number of nitrogens with zero attached hydrogens (tertiary/aromatic N) is 4. The number of anilines is 1. The molecule has 0 aliphatic carbocycles. The van der Waals surface area contributed by atoms with Crippen molar-refractivity contribution in [2.24, 2.45) is 0 Å². The number of carbonyl (C=O) groups excluding carboxylic acids is 2. The van der Waals surface area contributed by atoms with Crippen molar-refractivity contribution in [3.63, 3.8) is 0 Å². The molecular formula is C20H23N7O2. The summed E-state index contributed by atoms with van der Waals surface area (Å²) in [5, 5.41) is 17.3. The Labute approximate surface area is 167 Å². The quantitative estimate of drug-likeness (QED) is 0.616. The molecule has 1 unspecified atom stereocenters. The summed E-state index contributed by atoms with van der Waals surface area (Å²) in [5.41, 5.74) is 5.54. The predicted octanol–water partition coefficient (Wildman–Crippen LogP) is 2.75. The largest absolute Gasteiger partial charge is 0.347 e.